The maximum absolute atomic E-state index is 13.3. The Bertz CT molecular complexity index is 1560. The number of rotatable bonds is 9. The fourth-order valence-corrected chi connectivity index (χ4v) is 4.85. The summed E-state index contributed by atoms with van der Waals surface area (Å²) in [6.07, 6.45) is -0.634. The van der Waals surface area contributed by atoms with Crippen molar-refractivity contribution in [3.05, 3.63) is 71.0 Å². The number of benzene rings is 2. The minimum atomic E-state index is -1.03. The maximum Gasteiger partial charge on any atom is 0.407 e. The highest BCUT2D eigenvalue weighted by molar-refractivity contribution is 6.04. The number of anilines is 1. The second kappa shape index (κ2) is 10.5. The Kier molecular flexibility index (Phi) is 6.92. The van der Waals surface area contributed by atoms with E-state index in [2.05, 4.69) is 15.4 Å². The smallest absolute Gasteiger partial charge is 0.407 e. The molecule has 0 fully saturated rings. The van der Waals surface area contributed by atoms with Crippen molar-refractivity contribution in [1.29, 1.82) is 0 Å². The van der Waals surface area contributed by atoms with Crippen molar-refractivity contribution in [2.45, 2.75) is 39.4 Å². The zero-order chi connectivity index (χ0) is 27.7. The van der Waals surface area contributed by atoms with E-state index in [4.69, 9.17) is 10.5 Å². The SMILES string of the molecule is CCn1nc(C)cc1C(=O)Nc1nc2cc(C(N)=O)cc3c2n1[C@@H](CCN(Cc1ccccc1)C(=O)O)CO3. The Morgan fingerprint density at radius 2 is 1.97 bits per heavy atom. The molecule has 4 N–H and O–H groups in total. The maximum atomic E-state index is 13.3. The molecular weight excluding hydrogens is 502 g/mol. The summed E-state index contributed by atoms with van der Waals surface area (Å²) in [6.45, 7) is 4.88. The number of carbonyl (C=O) groups excluding carboxylic acids is 2. The van der Waals surface area contributed by atoms with E-state index in [-0.39, 0.29) is 43.2 Å². The third-order valence-electron chi connectivity index (χ3n) is 6.71. The first-order chi connectivity index (χ1) is 18.7. The minimum absolute atomic E-state index is 0.189. The quantitative estimate of drug-likeness (QED) is 0.299. The Morgan fingerprint density at radius 1 is 1.21 bits per heavy atom. The lowest BCUT2D eigenvalue weighted by Crippen LogP contribution is -2.33. The Morgan fingerprint density at radius 3 is 2.67 bits per heavy atom. The van der Waals surface area contributed by atoms with Gasteiger partial charge in [-0.15, -0.1) is 0 Å². The standard InChI is InChI=1S/C27H29N7O5/c1-3-33-21(11-16(2)31-33)25(36)30-26-29-20-12-18(24(28)35)13-22-23(20)34(26)19(15-39-22)9-10-32(27(37)38)14-17-7-5-4-6-8-17/h4-8,11-13,19H,3,9-10,14-15H2,1-2H3,(H2,28,35)(H,37,38)(H,29,30,36)/t19-/m0/s1. The van der Waals surface area contributed by atoms with Crippen LogP contribution in [0.15, 0.2) is 48.5 Å². The predicted octanol–water partition coefficient (Wildman–Crippen LogP) is 3.42. The average molecular weight is 532 g/mol. The lowest BCUT2D eigenvalue weighted by Gasteiger charge is -2.29. The van der Waals surface area contributed by atoms with Gasteiger partial charge in [-0.05, 0) is 44.0 Å². The highest BCUT2D eigenvalue weighted by atomic mass is 16.5. The van der Waals surface area contributed by atoms with Gasteiger partial charge in [-0.2, -0.15) is 5.10 Å². The van der Waals surface area contributed by atoms with Crippen LogP contribution < -0.4 is 15.8 Å². The zero-order valence-electron chi connectivity index (χ0n) is 21.6. The number of aromatic nitrogens is 4. The third-order valence-corrected chi connectivity index (χ3v) is 6.71. The molecule has 0 radical (unpaired) electrons. The van der Waals surface area contributed by atoms with Crippen molar-refractivity contribution in [3.63, 3.8) is 0 Å². The molecule has 1 aliphatic heterocycles. The second-order valence-corrected chi connectivity index (χ2v) is 9.40. The van der Waals surface area contributed by atoms with Gasteiger partial charge >= 0.3 is 6.09 Å². The van der Waals surface area contributed by atoms with Crippen LogP contribution in [-0.4, -0.2) is 60.4 Å². The lowest BCUT2D eigenvalue weighted by atomic mass is 10.1. The third kappa shape index (κ3) is 5.13. The number of ether oxygens (including phenoxy) is 1. The number of aryl methyl sites for hydroxylation is 2. The van der Waals surface area contributed by atoms with Crippen molar-refractivity contribution in [1.82, 2.24) is 24.2 Å². The van der Waals surface area contributed by atoms with Gasteiger partial charge < -0.3 is 25.0 Å². The summed E-state index contributed by atoms with van der Waals surface area (Å²) in [5.41, 5.74) is 8.75. The molecule has 0 spiro atoms. The van der Waals surface area contributed by atoms with Crippen LogP contribution >= 0.6 is 0 Å². The molecule has 0 saturated carbocycles. The van der Waals surface area contributed by atoms with E-state index in [0.29, 0.717) is 41.1 Å². The van der Waals surface area contributed by atoms with Gasteiger partial charge in [0.25, 0.3) is 5.91 Å². The van der Waals surface area contributed by atoms with Crippen molar-refractivity contribution < 1.29 is 24.2 Å². The predicted molar refractivity (Wildman–Crippen MR) is 143 cm³/mol. The molecule has 1 atom stereocenters. The molecule has 0 saturated heterocycles. The summed E-state index contributed by atoms with van der Waals surface area (Å²) >= 11 is 0. The molecule has 0 aliphatic carbocycles. The van der Waals surface area contributed by atoms with Gasteiger partial charge in [0.2, 0.25) is 11.9 Å². The van der Waals surface area contributed by atoms with Gasteiger partial charge in [-0.3, -0.25) is 19.6 Å². The largest absolute Gasteiger partial charge is 0.489 e. The van der Waals surface area contributed by atoms with Gasteiger partial charge in [0, 0.05) is 25.2 Å². The molecule has 3 heterocycles. The molecule has 4 aromatic rings. The first-order valence-corrected chi connectivity index (χ1v) is 12.6. The summed E-state index contributed by atoms with van der Waals surface area (Å²) in [5, 5.41) is 17.1. The molecule has 1 aliphatic rings. The summed E-state index contributed by atoms with van der Waals surface area (Å²) in [5.74, 6) is -0.335. The topological polar surface area (TPSA) is 158 Å². The number of nitrogens with one attached hydrogen (secondary N) is 1. The first-order valence-electron chi connectivity index (χ1n) is 12.6. The zero-order valence-corrected chi connectivity index (χ0v) is 21.6. The molecule has 12 nitrogen and oxygen atoms in total. The molecule has 0 unspecified atom stereocenters. The van der Waals surface area contributed by atoms with Crippen LogP contribution in [0.25, 0.3) is 11.0 Å². The van der Waals surface area contributed by atoms with Crippen molar-refractivity contribution in [2.75, 3.05) is 18.5 Å². The van der Waals surface area contributed by atoms with Crippen LogP contribution in [-0.2, 0) is 13.1 Å². The number of primary amides is 1. The Labute approximate surface area is 224 Å². The minimum Gasteiger partial charge on any atom is -0.489 e. The summed E-state index contributed by atoms with van der Waals surface area (Å²) in [7, 11) is 0. The van der Waals surface area contributed by atoms with Crippen molar-refractivity contribution in [2.24, 2.45) is 5.73 Å². The summed E-state index contributed by atoms with van der Waals surface area (Å²) in [4.78, 5) is 43.2. The highest BCUT2D eigenvalue weighted by Crippen LogP contribution is 2.38. The van der Waals surface area contributed by atoms with Gasteiger partial charge in [-0.1, -0.05) is 30.3 Å². The molecule has 202 valence electrons. The van der Waals surface area contributed by atoms with Crippen molar-refractivity contribution >= 4 is 34.9 Å². The van der Waals surface area contributed by atoms with Gasteiger partial charge in [0.15, 0.2) is 0 Å². The molecule has 2 aromatic heterocycles. The van der Waals surface area contributed by atoms with E-state index in [1.807, 2.05) is 48.7 Å². The first kappa shape index (κ1) is 25.8. The monoisotopic (exact) mass is 531 g/mol. The van der Waals surface area contributed by atoms with E-state index >= 15 is 0 Å². The van der Waals surface area contributed by atoms with E-state index in [9.17, 15) is 19.5 Å². The normalized spacial score (nSPS) is 14.2. The van der Waals surface area contributed by atoms with Crippen LogP contribution in [0, 0.1) is 6.92 Å². The van der Waals surface area contributed by atoms with Gasteiger partial charge in [0.05, 0.1) is 17.3 Å². The number of nitrogens with two attached hydrogens (primary N) is 1. The fourth-order valence-electron chi connectivity index (χ4n) is 4.85. The number of hydrogen-bond acceptors (Lipinski definition) is 6. The van der Waals surface area contributed by atoms with Crippen molar-refractivity contribution in [3.8, 4) is 5.75 Å². The van der Waals surface area contributed by atoms with Crippen LogP contribution in [0.3, 0.4) is 0 Å². The molecule has 39 heavy (non-hydrogen) atoms. The molecule has 0 bridgehead atoms. The number of amides is 3. The number of imidazole rings is 1. The molecule has 3 amide bonds. The molecule has 2 aromatic carbocycles. The van der Waals surface area contributed by atoms with E-state index in [1.54, 1.807) is 22.9 Å². The number of nitrogens with zero attached hydrogens (tertiary/aromatic N) is 5. The van der Waals surface area contributed by atoms with Gasteiger partial charge in [0.1, 0.15) is 23.6 Å². The molecule has 5 rings (SSSR count). The van der Waals surface area contributed by atoms with Crippen LogP contribution in [0.2, 0.25) is 0 Å². The number of hydrogen-bond donors (Lipinski definition) is 3. The lowest BCUT2D eigenvalue weighted by molar-refractivity contribution is 0.0995. The fraction of sp³-hybridized carbons (Fsp3) is 0.296. The van der Waals surface area contributed by atoms with Crippen LogP contribution in [0.5, 0.6) is 5.75 Å². The highest BCUT2D eigenvalue weighted by Gasteiger charge is 2.30. The average Bonchev–Trinajstić information content (AvgIpc) is 3.48. The summed E-state index contributed by atoms with van der Waals surface area (Å²) in [6, 6.07) is 13.8. The molecular formula is C27H29N7O5. The Balaban J connectivity index is 1.48. The van der Waals surface area contributed by atoms with E-state index in [1.165, 1.54) is 4.90 Å². The number of carbonyl (C=O) groups is 3. The van der Waals surface area contributed by atoms with Crippen LogP contribution in [0.1, 0.15) is 51.5 Å². The Hall–Kier alpha value is -4.87. The van der Waals surface area contributed by atoms with E-state index in [0.717, 1.165) is 5.56 Å². The van der Waals surface area contributed by atoms with Gasteiger partial charge in [-0.25, -0.2) is 9.78 Å². The van der Waals surface area contributed by atoms with E-state index < -0.39 is 12.0 Å². The molecule has 12 heteroatoms. The second-order valence-electron chi connectivity index (χ2n) is 9.40. The summed E-state index contributed by atoms with van der Waals surface area (Å²) < 4.78 is 9.44. The number of carboxylic acid groups (broad SMARTS) is 1. The van der Waals surface area contributed by atoms with Crippen LogP contribution in [0.4, 0.5) is 10.7 Å².